The van der Waals surface area contributed by atoms with Crippen molar-refractivity contribution in [2.24, 2.45) is 0 Å². The minimum Gasteiger partial charge on any atom is -0.465 e. The SMILES string of the molecule is Cc1ccc2c(c1)C(C)(C)[C@@]1(C=Cc3ccco3)NC(=O)CN21. The van der Waals surface area contributed by atoms with E-state index in [1.165, 1.54) is 11.1 Å². The third-order valence-electron chi connectivity index (χ3n) is 5.16. The first kappa shape index (κ1) is 14.1. The van der Waals surface area contributed by atoms with Crippen molar-refractivity contribution in [1.82, 2.24) is 5.32 Å². The minimum atomic E-state index is -0.562. The van der Waals surface area contributed by atoms with Crippen LogP contribution in [0.4, 0.5) is 5.69 Å². The van der Waals surface area contributed by atoms with Crippen molar-refractivity contribution < 1.29 is 9.21 Å². The van der Waals surface area contributed by atoms with Crippen molar-refractivity contribution in [3.63, 3.8) is 0 Å². The summed E-state index contributed by atoms with van der Waals surface area (Å²) >= 11 is 0. The predicted molar refractivity (Wildman–Crippen MR) is 90.2 cm³/mol. The van der Waals surface area contributed by atoms with E-state index in [4.69, 9.17) is 4.42 Å². The fourth-order valence-electron chi connectivity index (χ4n) is 3.88. The molecule has 4 nitrogen and oxygen atoms in total. The first-order valence-corrected chi connectivity index (χ1v) is 7.87. The maximum absolute atomic E-state index is 12.2. The summed E-state index contributed by atoms with van der Waals surface area (Å²) in [5, 5.41) is 3.21. The lowest BCUT2D eigenvalue weighted by Gasteiger charge is -2.40. The molecule has 0 aliphatic carbocycles. The Morgan fingerprint density at radius 2 is 2.13 bits per heavy atom. The fraction of sp³-hybridized carbons (Fsp3) is 0.316. The van der Waals surface area contributed by atoms with Gasteiger partial charge in [-0.05, 0) is 42.8 Å². The fourth-order valence-corrected chi connectivity index (χ4v) is 3.88. The quantitative estimate of drug-likeness (QED) is 0.926. The van der Waals surface area contributed by atoms with Crippen LogP contribution in [0.25, 0.3) is 6.08 Å². The highest BCUT2D eigenvalue weighted by Crippen LogP contribution is 2.53. The second-order valence-corrected chi connectivity index (χ2v) is 6.90. The summed E-state index contributed by atoms with van der Waals surface area (Å²) in [6.07, 6.45) is 5.66. The Balaban J connectivity index is 1.88. The number of hydrogen-bond acceptors (Lipinski definition) is 3. The van der Waals surface area contributed by atoms with Crippen molar-refractivity contribution in [3.8, 4) is 0 Å². The lowest BCUT2D eigenvalue weighted by atomic mass is 9.75. The molecule has 1 saturated heterocycles. The van der Waals surface area contributed by atoms with Gasteiger partial charge in [0.15, 0.2) is 0 Å². The Labute approximate surface area is 135 Å². The Hall–Kier alpha value is -2.49. The van der Waals surface area contributed by atoms with Crippen LogP contribution in [0.5, 0.6) is 0 Å². The number of amides is 1. The number of aryl methyl sites for hydroxylation is 1. The standard InChI is InChI=1S/C19H20N2O2/c1-13-6-7-16-15(11-13)18(2,3)19(20-17(22)12-21(16)19)9-8-14-5-4-10-23-14/h4-11H,12H2,1-3H3,(H,20,22)/t19-/m0/s1. The molecule has 0 spiro atoms. The summed E-state index contributed by atoms with van der Waals surface area (Å²) in [6.45, 7) is 6.85. The second kappa shape index (κ2) is 4.51. The van der Waals surface area contributed by atoms with Gasteiger partial charge in [-0.2, -0.15) is 0 Å². The number of hydrogen-bond donors (Lipinski definition) is 1. The molecular weight excluding hydrogens is 288 g/mol. The van der Waals surface area contributed by atoms with Crippen molar-refractivity contribution in [3.05, 3.63) is 59.6 Å². The lowest BCUT2D eigenvalue weighted by molar-refractivity contribution is -0.118. The largest absolute Gasteiger partial charge is 0.465 e. The zero-order valence-corrected chi connectivity index (χ0v) is 13.6. The number of fused-ring (bicyclic) bond motifs is 3. The van der Waals surface area contributed by atoms with Gasteiger partial charge >= 0.3 is 0 Å². The molecule has 2 aromatic rings. The molecule has 0 saturated carbocycles. The zero-order chi connectivity index (χ0) is 16.2. The number of benzene rings is 1. The topological polar surface area (TPSA) is 45.5 Å². The molecule has 23 heavy (non-hydrogen) atoms. The molecule has 1 fully saturated rings. The van der Waals surface area contributed by atoms with Crippen LogP contribution in [0, 0.1) is 6.92 Å². The molecule has 2 aliphatic heterocycles. The third-order valence-corrected chi connectivity index (χ3v) is 5.16. The average molecular weight is 308 g/mol. The normalized spacial score (nSPS) is 24.8. The maximum atomic E-state index is 12.2. The van der Waals surface area contributed by atoms with E-state index in [0.29, 0.717) is 6.54 Å². The Kier molecular flexibility index (Phi) is 2.77. The van der Waals surface area contributed by atoms with Crippen LogP contribution in [0.15, 0.2) is 47.1 Å². The first-order valence-electron chi connectivity index (χ1n) is 7.87. The molecular formula is C19H20N2O2. The van der Waals surface area contributed by atoms with E-state index in [1.807, 2.05) is 18.2 Å². The van der Waals surface area contributed by atoms with Gasteiger partial charge < -0.3 is 14.6 Å². The lowest BCUT2D eigenvalue weighted by Crippen LogP contribution is -2.58. The Bertz CT molecular complexity index is 805. The van der Waals surface area contributed by atoms with E-state index in [9.17, 15) is 4.79 Å². The molecule has 1 N–H and O–H groups in total. The van der Waals surface area contributed by atoms with Gasteiger partial charge in [0.1, 0.15) is 11.4 Å². The molecule has 3 heterocycles. The van der Waals surface area contributed by atoms with Crippen molar-refractivity contribution in [1.29, 1.82) is 0 Å². The van der Waals surface area contributed by atoms with Crippen LogP contribution in [0.1, 0.15) is 30.7 Å². The van der Waals surface area contributed by atoms with Crippen LogP contribution in [-0.4, -0.2) is 18.1 Å². The van der Waals surface area contributed by atoms with Crippen molar-refractivity contribution >= 4 is 17.7 Å². The number of carbonyl (C=O) groups is 1. The summed E-state index contributed by atoms with van der Waals surface area (Å²) in [6, 6.07) is 10.2. The average Bonchev–Trinajstić information content (AvgIpc) is 3.16. The summed E-state index contributed by atoms with van der Waals surface area (Å²) in [4.78, 5) is 14.3. The van der Waals surface area contributed by atoms with Crippen molar-refractivity contribution in [2.75, 3.05) is 11.4 Å². The van der Waals surface area contributed by atoms with E-state index < -0.39 is 5.66 Å². The molecule has 2 aliphatic rings. The number of rotatable bonds is 2. The molecule has 1 atom stereocenters. The van der Waals surface area contributed by atoms with E-state index in [2.05, 4.69) is 55.3 Å². The summed E-state index contributed by atoms with van der Waals surface area (Å²) in [7, 11) is 0. The highest BCUT2D eigenvalue weighted by molar-refractivity contribution is 5.91. The number of nitrogens with one attached hydrogen (secondary N) is 1. The second-order valence-electron chi connectivity index (χ2n) is 6.90. The molecule has 1 aromatic carbocycles. The number of anilines is 1. The summed E-state index contributed by atoms with van der Waals surface area (Å²) in [5.74, 6) is 0.830. The maximum Gasteiger partial charge on any atom is 0.241 e. The molecule has 1 amide bonds. The Morgan fingerprint density at radius 3 is 2.87 bits per heavy atom. The van der Waals surface area contributed by atoms with Gasteiger partial charge in [-0.25, -0.2) is 0 Å². The van der Waals surface area contributed by atoms with E-state index in [0.717, 1.165) is 11.4 Å². The van der Waals surface area contributed by atoms with Gasteiger partial charge in [-0.3, -0.25) is 4.79 Å². The zero-order valence-electron chi connectivity index (χ0n) is 13.6. The molecule has 0 radical (unpaired) electrons. The molecule has 0 bridgehead atoms. The highest BCUT2D eigenvalue weighted by atomic mass is 16.3. The first-order chi connectivity index (χ1) is 10.9. The minimum absolute atomic E-state index is 0.0494. The molecule has 0 unspecified atom stereocenters. The summed E-state index contributed by atoms with van der Waals surface area (Å²) < 4.78 is 5.41. The van der Waals surface area contributed by atoms with Crippen LogP contribution in [-0.2, 0) is 10.2 Å². The van der Waals surface area contributed by atoms with Crippen LogP contribution >= 0.6 is 0 Å². The molecule has 1 aromatic heterocycles. The van der Waals surface area contributed by atoms with Gasteiger partial charge in [0.05, 0.1) is 12.8 Å². The van der Waals surface area contributed by atoms with Gasteiger partial charge in [-0.15, -0.1) is 0 Å². The molecule has 118 valence electrons. The number of furan rings is 1. The van der Waals surface area contributed by atoms with Gasteiger partial charge in [0.2, 0.25) is 5.91 Å². The van der Waals surface area contributed by atoms with Crippen LogP contribution in [0.2, 0.25) is 0 Å². The smallest absolute Gasteiger partial charge is 0.241 e. The van der Waals surface area contributed by atoms with Crippen LogP contribution in [0.3, 0.4) is 0 Å². The van der Waals surface area contributed by atoms with Gasteiger partial charge in [0, 0.05) is 11.1 Å². The summed E-state index contributed by atoms with van der Waals surface area (Å²) in [5.41, 5.74) is 2.82. The van der Waals surface area contributed by atoms with E-state index >= 15 is 0 Å². The van der Waals surface area contributed by atoms with Crippen molar-refractivity contribution in [2.45, 2.75) is 31.8 Å². The van der Waals surface area contributed by atoms with Gasteiger partial charge in [-0.1, -0.05) is 31.5 Å². The third kappa shape index (κ3) is 1.81. The highest BCUT2D eigenvalue weighted by Gasteiger charge is 2.59. The molecule has 4 rings (SSSR count). The van der Waals surface area contributed by atoms with Gasteiger partial charge in [0.25, 0.3) is 0 Å². The molecule has 4 heteroatoms. The predicted octanol–water partition coefficient (Wildman–Crippen LogP) is 3.23. The van der Waals surface area contributed by atoms with E-state index in [-0.39, 0.29) is 11.3 Å². The monoisotopic (exact) mass is 308 g/mol. The van der Waals surface area contributed by atoms with Crippen LogP contribution < -0.4 is 10.2 Å². The number of carbonyl (C=O) groups excluding carboxylic acids is 1. The Morgan fingerprint density at radius 1 is 1.30 bits per heavy atom. The van der Waals surface area contributed by atoms with E-state index in [1.54, 1.807) is 6.26 Å². The number of nitrogens with zero attached hydrogens (tertiary/aromatic N) is 1.